The molecule has 0 fully saturated rings. The van der Waals surface area contributed by atoms with Gasteiger partial charge < -0.3 is 10.6 Å². The summed E-state index contributed by atoms with van der Waals surface area (Å²) in [4.78, 5) is 20.4. The lowest BCUT2D eigenvalue weighted by atomic mass is 10.1. The first-order valence-corrected chi connectivity index (χ1v) is 7.09. The summed E-state index contributed by atoms with van der Waals surface area (Å²) in [5.41, 5.74) is 1.37. The first kappa shape index (κ1) is 15.3. The first-order chi connectivity index (χ1) is 10.1. The summed E-state index contributed by atoms with van der Waals surface area (Å²) in [6.45, 7) is 4.57. The van der Waals surface area contributed by atoms with Crippen LogP contribution >= 0.6 is 11.6 Å². The van der Waals surface area contributed by atoms with Gasteiger partial charge in [-0.25, -0.2) is 4.98 Å². The van der Waals surface area contributed by atoms with E-state index >= 15 is 0 Å². The molecule has 0 aliphatic carbocycles. The molecule has 2 aromatic heterocycles. The van der Waals surface area contributed by atoms with Crippen molar-refractivity contribution in [3.05, 3.63) is 52.9 Å². The molecule has 0 saturated carbocycles. The molecule has 110 valence electrons. The zero-order valence-corrected chi connectivity index (χ0v) is 12.7. The topological polar surface area (TPSA) is 66.9 Å². The molecular formula is C15H17ClN4O. The number of carbonyl (C=O) groups is 1. The van der Waals surface area contributed by atoms with E-state index in [0.717, 1.165) is 12.1 Å². The molecule has 0 bridgehead atoms. The molecule has 0 saturated heterocycles. The standard InChI is InChI=1S/C15H17ClN4O/c1-3-18-14-13(16)7-12(9-19-14)15(21)20-10(2)11-5-4-6-17-8-11/h4-10H,3H2,1-2H3,(H,18,19)(H,20,21). The first-order valence-electron chi connectivity index (χ1n) is 6.72. The van der Waals surface area contributed by atoms with Crippen LogP contribution in [0, 0.1) is 0 Å². The number of hydrogen-bond donors (Lipinski definition) is 2. The number of aromatic nitrogens is 2. The molecule has 5 nitrogen and oxygen atoms in total. The summed E-state index contributed by atoms with van der Waals surface area (Å²) < 4.78 is 0. The Morgan fingerprint density at radius 1 is 1.43 bits per heavy atom. The number of halogens is 1. The van der Waals surface area contributed by atoms with Crippen LogP contribution in [0.2, 0.25) is 5.02 Å². The van der Waals surface area contributed by atoms with Crippen LogP contribution in [-0.2, 0) is 0 Å². The summed E-state index contributed by atoms with van der Waals surface area (Å²) in [6.07, 6.45) is 4.93. The van der Waals surface area contributed by atoms with Crippen molar-refractivity contribution >= 4 is 23.3 Å². The number of carbonyl (C=O) groups excluding carboxylic acids is 1. The quantitative estimate of drug-likeness (QED) is 0.891. The molecule has 2 N–H and O–H groups in total. The maximum absolute atomic E-state index is 12.2. The van der Waals surface area contributed by atoms with Crippen LogP contribution in [-0.4, -0.2) is 22.4 Å². The van der Waals surface area contributed by atoms with Crippen molar-refractivity contribution in [1.29, 1.82) is 0 Å². The van der Waals surface area contributed by atoms with Gasteiger partial charge in [-0.15, -0.1) is 0 Å². The average molecular weight is 305 g/mol. The van der Waals surface area contributed by atoms with Crippen molar-refractivity contribution in [2.45, 2.75) is 19.9 Å². The third-order valence-corrected chi connectivity index (χ3v) is 3.27. The lowest BCUT2D eigenvalue weighted by Gasteiger charge is -2.14. The molecule has 1 unspecified atom stereocenters. The molecule has 6 heteroatoms. The third-order valence-electron chi connectivity index (χ3n) is 2.98. The minimum atomic E-state index is -0.219. The fraction of sp³-hybridized carbons (Fsp3) is 0.267. The van der Waals surface area contributed by atoms with Gasteiger partial charge in [0.25, 0.3) is 5.91 Å². The summed E-state index contributed by atoms with van der Waals surface area (Å²) in [5, 5.41) is 6.35. The summed E-state index contributed by atoms with van der Waals surface area (Å²) >= 11 is 6.09. The van der Waals surface area contributed by atoms with Gasteiger partial charge >= 0.3 is 0 Å². The predicted octanol–water partition coefficient (Wildman–Crippen LogP) is 3.05. The van der Waals surface area contributed by atoms with Crippen LogP contribution < -0.4 is 10.6 Å². The van der Waals surface area contributed by atoms with E-state index < -0.39 is 0 Å². The Balaban J connectivity index is 2.08. The average Bonchev–Trinajstić information content (AvgIpc) is 2.50. The zero-order valence-electron chi connectivity index (χ0n) is 11.9. The van der Waals surface area contributed by atoms with Crippen molar-refractivity contribution < 1.29 is 4.79 Å². The van der Waals surface area contributed by atoms with Crippen molar-refractivity contribution in [2.75, 3.05) is 11.9 Å². The highest BCUT2D eigenvalue weighted by atomic mass is 35.5. The van der Waals surface area contributed by atoms with E-state index in [0.29, 0.717) is 16.4 Å². The highest BCUT2D eigenvalue weighted by molar-refractivity contribution is 6.33. The van der Waals surface area contributed by atoms with Gasteiger partial charge in [0.05, 0.1) is 16.6 Å². The van der Waals surface area contributed by atoms with E-state index in [2.05, 4.69) is 20.6 Å². The van der Waals surface area contributed by atoms with E-state index in [-0.39, 0.29) is 11.9 Å². The van der Waals surface area contributed by atoms with E-state index in [9.17, 15) is 4.79 Å². The predicted molar refractivity (Wildman–Crippen MR) is 83.5 cm³/mol. The molecule has 2 aromatic rings. The molecule has 21 heavy (non-hydrogen) atoms. The Morgan fingerprint density at radius 3 is 2.86 bits per heavy atom. The van der Waals surface area contributed by atoms with Gasteiger partial charge in [0.15, 0.2) is 0 Å². The molecule has 0 aliphatic heterocycles. The molecule has 0 aliphatic rings. The molecule has 0 spiro atoms. The number of nitrogens with one attached hydrogen (secondary N) is 2. The van der Waals surface area contributed by atoms with Gasteiger partial charge in [0.2, 0.25) is 0 Å². The summed E-state index contributed by atoms with van der Waals surface area (Å²) in [6, 6.07) is 5.22. The molecule has 0 radical (unpaired) electrons. The SMILES string of the molecule is CCNc1ncc(C(=O)NC(C)c2cccnc2)cc1Cl. The Bertz CT molecular complexity index is 618. The van der Waals surface area contributed by atoms with Crippen LogP contribution in [0.25, 0.3) is 0 Å². The molecule has 1 amide bonds. The van der Waals surface area contributed by atoms with E-state index in [4.69, 9.17) is 11.6 Å². The number of anilines is 1. The van der Waals surface area contributed by atoms with Crippen LogP contribution in [0.3, 0.4) is 0 Å². The zero-order chi connectivity index (χ0) is 15.2. The van der Waals surface area contributed by atoms with Crippen molar-refractivity contribution in [3.63, 3.8) is 0 Å². The number of rotatable bonds is 5. The van der Waals surface area contributed by atoms with Gasteiger partial charge in [-0.05, 0) is 31.5 Å². The number of hydrogen-bond acceptors (Lipinski definition) is 4. The maximum Gasteiger partial charge on any atom is 0.253 e. The minimum Gasteiger partial charge on any atom is -0.369 e. The maximum atomic E-state index is 12.2. The highest BCUT2D eigenvalue weighted by Gasteiger charge is 2.13. The largest absolute Gasteiger partial charge is 0.369 e. The van der Waals surface area contributed by atoms with E-state index in [1.165, 1.54) is 6.20 Å². The molecule has 2 heterocycles. The monoisotopic (exact) mass is 304 g/mol. The van der Waals surface area contributed by atoms with Crippen LogP contribution in [0.1, 0.15) is 35.8 Å². The Hall–Kier alpha value is -2.14. The molecule has 1 atom stereocenters. The smallest absolute Gasteiger partial charge is 0.253 e. The van der Waals surface area contributed by atoms with Crippen LogP contribution in [0.15, 0.2) is 36.8 Å². The lowest BCUT2D eigenvalue weighted by Crippen LogP contribution is -2.26. The lowest BCUT2D eigenvalue weighted by molar-refractivity contribution is 0.0939. The number of nitrogens with zero attached hydrogens (tertiary/aromatic N) is 2. The fourth-order valence-electron chi connectivity index (χ4n) is 1.86. The highest BCUT2D eigenvalue weighted by Crippen LogP contribution is 2.20. The summed E-state index contributed by atoms with van der Waals surface area (Å²) in [7, 11) is 0. The second-order valence-corrected chi connectivity index (χ2v) is 4.97. The molecule has 2 rings (SSSR count). The van der Waals surface area contributed by atoms with Crippen LogP contribution in [0.5, 0.6) is 0 Å². The van der Waals surface area contributed by atoms with Gasteiger partial charge in [-0.3, -0.25) is 9.78 Å². The second kappa shape index (κ2) is 7.04. The Labute approximate surface area is 128 Å². The summed E-state index contributed by atoms with van der Waals surface area (Å²) in [5.74, 6) is 0.361. The van der Waals surface area contributed by atoms with Gasteiger partial charge in [-0.2, -0.15) is 0 Å². The molecular weight excluding hydrogens is 288 g/mol. The van der Waals surface area contributed by atoms with Crippen molar-refractivity contribution in [1.82, 2.24) is 15.3 Å². The fourth-order valence-corrected chi connectivity index (χ4v) is 2.09. The van der Waals surface area contributed by atoms with Gasteiger partial charge in [-0.1, -0.05) is 17.7 Å². The second-order valence-electron chi connectivity index (χ2n) is 4.57. The minimum absolute atomic E-state index is 0.140. The van der Waals surface area contributed by atoms with E-state index in [1.54, 1.807) is 18.5 Å². The van der Waals surface area contributed by atoms with Gasteiger partial charge in [0.1, 0.15) is 5.82 Å². The Kier molecular flexibility index (Phi) is 5.11. The number of pyridine rings is 2. The third kappa shape index (κ3) is 3.92. The number of amides is 1. The van der Waals surface area contributed by atoms with Crippen molar-refractivity contribution in [3.8, 4) is 0 Å². The van der Waals surface area contributed by atoms with Crippen molar-refractivity contribution in [2.24, 2.45) is 0 Å². The van der Waals surface area contributed by atoms with Gasteiger partial charge in [0, 0.05) is 25.1 Å². The van der Waals surface area contributed by atoms with E-state index in [1.807, 2.05) is 26.0 Å². The molecule has 0 aromatic carbocycles. The van der Waals surface area contributed by atoms with Crippen LogP contribution in [0.4, 0.5) is 5.82 Å². The Morgan fingerprint density at radius 2 is 2.24 bits per heavy atom. The normalized spacial score (nSPS) is 11.8.